The van der Waals surface area contributed by atoms with Crippen molar-refractivity contribution in [1.29, 1.82) is 0 Å². The number of carbonyl (C=O) groups excluding carboxylic acids is 1. The summed E-state index contributed by atoms with van der Waals surface area (Å²) < 4.78 is 1.65. The molecule has 0 saturated heterocycles. The molecule has 0 spiro atoms. The Morgan fingerprint density at radius 1 is 0.875 bits per heavy atom. The highest BCUT2D eigenvalue weighted by molar-refractivity contribution is 6.37. The fourth-order valence-electron chi connectivity index (χ4n) is 3.23. The molecule has 0 aliphatic rings. The Hall–Kier alpha value is -3.81. The van der Waals surface area contributed by atoms with E-state index in [0.717, 1.165) is 5.56 Å². The minimum absolute atomic E-state index is 0.285. The number of nitrogens with zero attached hydrogens (tertiary/aromatic N) is 5. The number of aromatic nitrogens is 5. The molecular formula is C23H14Cl2N6O. The van der Waals surface area contributed by atoms with Crippen LogP contribution in [0.15, 0.2) is 79.0 Å². The molecule has 0 saturated carbocycles. The van der Waals surface area contributed by atoms with Crippen molar-refractivity contribution in [3.63, 3.8) is 0 Å². The van der Waals surface area contributed by atoms with Gasteiger partial charge in [-0.25, -0.2) is 0 Å². The topological polar surface area (TPSA) is 85.1 Å². The van der Waals surface area contributed by atoms with Crippen LogP contribution in [-0.2, 0) is 0 Å². The van der Waals surface area contributed by atoms with Crippen molar-refractivity contribution in [2.45, 2.75) is 0 Å². The summed E-state index contributed by atoms with van der Waals surface area (Å²) in [6.07, 6.45) is 1.69. The van der Waals surface area contributed by atoms with Gasteiger partial charge < -0.3 is 5.32 Å². The van der Waals surface area contributed by atoms with E-state index in [2.05, 4.69) is 25.6 Å². The Bertz CT molecular complexity index is 1450. The van der Waals surface area contributed by atoms with Crippen molar-refractivity contribution in [3.8, 4) is 22.8 Å². The number of anilines is 1. The van der Waals surface area contributed by atoms with Crippen LogP contribution in [0, 0.1) is 0 Å². The maximum absolute atomic E-state index is 12.7. The highest BCUT2D eigenvalue weighted by Crippen LogP contribution is 2.25. The monoisotopic (exact) mass is 460 g/mol. The van der Waals surface area contributed by atoms with Crippen molar-refractivity contribution in [2.24, 2.45) is 0 Å². The van der Waals surface area contributed by atoms with Crippen LogP contribution in [0.3, 0.4) is 0 Å². The SMILES string of the molecule is O=C(Nc1cccc(-c2ccc3nnc(-c4ccccn4)n3n2)c1)c1ccc(Cl)cc1Cl. The average Bonchev–Trinajstić information content (AvgIpc) is 3.23. The normalized spacial score (nSPS) is 10.9. The molecule has 9 heteroatoms. The first-order valence-corrected chi connectivity index (χ1v) is 10.3. The minimum Gasteiger partial charge on any atom is -0.322 e. The second-order valence-electron chi connectivity index (χ2n) is 6.89. The van der Waals surface area contributed by atoms with Crippen molar-refractivity contribution in [2.75, 3.05) is 5.32 Å². The van der Waals surface area contributed by atoms with Gasteiger partial charge in [0.25, 0.3) is 5.91 Å². The highest BCUT2D eigenvalue weighted by atomic mass is 35.5. The number of rotatable bonds is 4. The predicted octanol–water partition coefficient (Wildman–Crippen LogP) is 5.41. The number of fused-ring (bicyclic) bond motifs is 1. The van der Waals surface area contributed by atoms with Gasteiger partial charge in [-0.1, -0.05) is 41.4 Å². The number of pyridine rings is 1. The molecule has 7 nitrogen and oxygen atoms in total. The van der Waals surface area contributed by atoms with Gasteiger partial charge in [0.05, 0.1) is 16.3 Å². The molecule has 3 heterocycles. The molecule has 0 unspecified atom stereocenters. The van der Waals surface area contributed by atoms with Crippen LogP contribution in [0.5, 0.6) is 0 Å². The summed E-state index contributed by atoms with van der Waals surface area (Å²) in [5.74, 6) is 0.216. The van der Waals surface area contributed by atoms with E-state index in [9.17, 15) is 4.79 Å². The van der Waals surface area contributed by atoms with E-state index in [4.69, 9.17) is 23.2 Å². The third-order valence-corrected chi connectivity index (χ3v) is 5.30. The van der Waals surface area contributed by atoms with E-state index >= 15 is 0 Å². The van der Waals surface area contributed by atoms with Crippen LogP contribution >= 0.6 is 23.2 Å². The summed E-state index contributed by atoms with van der Waals surface area (Å²) in [5.41, 5.74) is 3.73. The minimum atomic E-state index is -0.330. The maximum Gasteiger partial charge on any atom is 0.257 e. The third-order valence-electron chi connectivity index (χ3n) is 4.75. The first-order chi connectivity index (χ1) is 15.6. The lowest BCUT2D eigenvalue weighted by Gasteiger charge is -2.09. The summed E-state index contributed by atoms with van der Waals surface area (Å²) >= 11 is 12.1. The van der Waals surface area contributed by atoms with Gasteiger partial charge in [-0.15, -0.1) is 10.2 Å². The summed E-state index contributed by atoms with van der Waals surface area (Å²) in [4.78, 5) is 17.0. The summed E-state index contributed by atoms with van der Waals surface area (Å²) in [6.45, 7) is 0. The molecule has 1 amide bonds. The zero-order chi connectivity index (χ0) is 22.1. The van der Waals surface area contributed by atoms with Crippen LogP contribution in [0.1, 0.15) is 10.4 Å². The lowest BCUT2D eigenvalue weighted by atomic mass is 10.1. The van der Waals surface area contributed by atoms with E-state index in [1.807, 2.05) is 48.5 Å². The molecule has 2 aromatic carbocycles. The molecule has 0 bridgehead atoms. The van der Waals surface area contributed by atoms with Crippen LogP contribution in [0.25, 0.3) is 28.4 Å². The lowest BCUT2D eigenvalue weighted by Crippen LogP contribution is -2.12. The molecule has 5 aromatic rings. The largest absolute Gasteiger partial charge is 0.322 e. The van der Waals surface area contributed by atoms with Gasteiger partial charge in [-0.3, -0.25) is 9.78 Å². The maximum atomic E-state index is 12.7. The Balaban J connectivity index is 1.47. The molecule has 0 aliphatic carbocycles. The zero-order valence-corrected chi connectivity index (χ0v) is 17.9. The van der Waals surface area contributed by atoms with Gasteiger partial charge in [-0.05, 0) is 54.6 Å². The number of hydrogen-bond acceptors (Lipinski definition) is 5. The molecule has 0 radical (unpaired) electrons. The van der Waals surface area contributed by atoms with Crippen LogP contribution < -0.4 is 5.32 Å². The fraction of sp³-hybridized carbons (Fsp3) is 0. The molecule has 3 aromatic heterocycles. The standard InChI is InChI=1S/C23H14Cl2N6O/c24-15-7-8-17(18(25)13-15)23(32)27-16-5-3-4-14(12-16)19-9-10-21-28-29-22(31(21)30-19)20-6-1-2-11-26-20/h1-13H,(H,27,32). The molecule has 0 fully saturated rings. The summed E-state index contributed by atoms with van der Waals surface area (Å²) in [6, 6.07) is 21.4. The number of amides is 1. The fourth-order valence-corrected chi connectivity index (χ4v) is 3.72. The second-order valence-corrected chi connectivity index (χ2v) is 7.73. The predicted molar refractivity (Wildman–Crippen MR) is 124 cm³/mol. The van der Waals surface area contributed by atoms with Gasteiger partial charge in [0.2, 0.25) is 5.82 Å². The molecular weight excluding hydrogens is 447 g/mol. The van der Waals surface area contributed by atoms with Gasteiger partial charge in [0, 0.05) is 22.5 Å². The average molecular weight is 461 g/mol. The Morgan fingerprint density at radius 3 is 2.59 bits per heavy atom. The molecule has 0 aliphatic heterocycles. The molecule has 1 N–H and O–H groups in total. The Labute approximate surface area is 192 Å². The van der Waals surface area contributed by atoms with Crippen molar-refractivity contribution >= 4 is 40.4 Å². The van der Waals surface area contributed by atoms with Crippen LogP contribution in [0.4, 0.5) is 5.69 Å². The lowest BCUT2D eigenvalue weighted by molar-refractivity contribution is 0.102. The van der Waals surface area contributed by atoms with Crippen LogP contribution in [0.2, 0.25) is 10.0 Å². The van der Waals surface area contributed by atoms with E-state index in [-0.39, 0.29) is 10.9 Å². The van der Waals surface area contributed by atoms with E-state index in [1.165, 1.54) is 6.07 Å². The number of carbonyl (C=O) groups is 1. The Morgan fingerprint density at radius 2 is 1.78 bits per heavy atom. The summed E-state index contributed by atoms with van der Waals surface area (Å²) in [7, 11) is 0. The Kier molecular flexibility index (Phi) is 5.26. The smallest absolute Gasteiger partial charge is 0.257 e. The van der Waals surface area contributed by atoms with Gasteiger partial charge in [0.1, 0.15) is 5.69 Å². The van der Waals surface area contributed by atoms with Crippen LogP contribution in [-0.4, -0.2) is 30.7 Å². The number of benzene rings is 2. The molecule has 5 rings (SSSR count). The van der Waals surface area contributed by atoms with Gasteiger partial charge >= 0.3 is 0 Å². The van der Waals surface area contributed by atoms with Crippen molar-refractivity contribution < 1.29 is 4.79 Å². The number of halogens is 2. The number of hydrogen-bond donors (Lipinski definition) is 1. The van der Waals surface area contributed by atoms with Crippen molar-refractivity contribution in [1.82, 2.24) is 24.8 Å². The second kappa shape index (κ2) is 8.37. The van der Waals surface area contributed by atoms with E-state index < -0.39 is 0 Å². The number of nitrogens with one attached hydrogen (secondary N) is 1. The molecule has 32 heavy (non-hydrogen) atoms. The zero-order valence-electron chi connectivity index (χ0n) is 16.4. The molecule has 0 atom stereocenters. The van der Waals surface area contributed by atoms with E-state index in [0.29, 0.717) is 39.1 Å². The van der Waals surface area contributed by atoms with Crippen molar-refractivity contribution in [3.05, 3.63) is 94.6 Å². The van der Waals surface area contributed by atoms with Gasteiger partial charge in [0.15, 0.2) is 5.65 Å². The van der Waals surface area contributed by atoms with E-state index in [1.54, 1.807) is 28.9 Å². The highest BCUT2D eigenvalue weighted by Gasteiger charge is 2.14. The quantitative estimate of drug-likeness (QED) is 0.387. The summed E-state index contributed by atoms with van der Waals surface area (Å²) in [5, 5.41) is 16.7. The first-order valence-electron chi connectivity index (χ1n) is 9.59. The third kappa shape index (κ3) is 3.91. The first kappa shape index (κ1) is 20.1. The van der Waals surface area contributed by atoms with Gasteiger partial charge in [-0.2, -0.15) is 9.61 Å². The molecule has 156 valence electrons.